The molecular weight excluding hydrogens is 344 g/mol. The molecule has 0 radical (unpaired) electrons. The third-order valence-electron chi connectivity index (χ3n) is 4.63. The van der Waals surface area contributed by atoms with E-state index in [1.165, 1.54) is 7.11 Å². The Balaban J connectivity index is 1.68. The minimum Gasteiger partial charge on any atom is -0.465 e. The van der Waals surface area contributed by atoms with Gasteiger partial charge < -0.3 is 14.5 Å². The second-order valence-corrected chi connectivity index (χ2v) is 6.19. The van der Waals surface area contributed by atoms with E-state index in [0.29, 0.717) is 36.3 Å². The number of fused-ring (bicyclic) bond motifs is 1. The molecule has 0 N–H and O–H groups in total. The summed E-state index contributed by atoms with van der Waals surface area (Å²) in [7, 11) is 1.32. The van der Waals surface area contributed by atoms with E-state index >= 15 is 0 Å². The third-order valence-corrected chi connectivity index (χ3v) is 4.63. The van der Waals surface area contributed by atoms with Crippen molar-refractivity contribution < 1.29 is 14.3 Å². The molecule has 1 aromatic heterocycles. The van der Waals surface area contributed by atoms with Crippen LogP contribution in [0.4, 0.5) is 5.82 Å². The number of ether oxygens (including phenoxy) is 1. The number of rotatable bonds is 6. The number of nitriles is 1. The maximum atomic E-state index is 12.7. The molecular formula is C20H20N4O3. The number of benzene rings is 1. The zero-order valence-electron chi connectivity index (χ0n) is 15.3. The third kappa shape index (κ3) is 3.75. The predicted molar refractivity (Wildman–Crippen MR) is 99.4 cm³/mol. The van der Waals surface area contributed by atoms with E-state index in [4.69, 9.17) is 10.00 Å². The van der Waals surface area contributed by atoms with Crippen molar-refractivity contribution in [3.63, 3.8) is 0 Å². The number of pyridine rings is 1. The van der Waals surface area contributed by atoms with Crippen molar-refractivity contribution in [2.24, 2.45) is 0 Å². The van der Waals surface area contributed by atoms with Crippen LogP contribution in [-0.4, -0.2) is 48.5 Å². The van der Waals surface area contributed by atoms with Crippen LogP contribution in [-0.2, 0) is 11.3 Å². The fraction of sp³-hybridized carbons (Fsp3) is 0.300. The van der Waals surface area contributed by atoms with Crippen molar-refractivity contribution in [3.05, 3.63) is 58.8 Å². The van der Waals surface area contributed by atoms with Crippen LogP contribution < -0.4 is 4.90 Å². The van der Waals surface area contributed by atoms with E-state index in [9.17, 15) is 9.59 Å². The van der Waals surface area contributed by atoms with Gasteiger partial charge in [0.05, 0.1) is 18.2 Å². The first kappa shape index (κ1) is 18.4. The summed E-state index contributed by atoms with van der Waals surface area (Å²) >= 11 is 0. The number of esters is 1. The summed E-state index contributed by atoms with van der Waals surface area (Å²) in [5, 5.41) is 8.88. The summed E-state index contributed by atoms with van der Waals surface area (Å²) < 4.78 is 4.72. The number of anilines is 1. The molecule has 0 unspecified atom stereocenters. The number of methoxy groups -OCH3 is 1. The molecule has 27 heavy (non-hydrogen) atoms. The van der Waals surface area contributed by atoms with Gasteiger partial charge in [-0.25, -0.2) is 9.78 Å². The van der Waals surface area contributed by atoms with Crippen LogP contribution in [0.3, 0.4) is 0 Å². The smallest absolute Gasteiger partial charge is 0.337 e. The fourth-order valence-corrected chi connectivity index (χ4v) is 3.10. The lowest BCUT2D eigenvalue weighted by atomic mass is 10.1. The van der Waals surface area contributed by atoms with Gasteiger partial charge in [-0.3, -0.25) is 4.79 Å². The zero-order valence-corrected chi connectivity index (χ0v) is 15.3. The Hall–Kier alpha value is -3.40. The Morgan fingerprint density at radius 3 is 2.81 bits per heavy atom. The lowest BCUT2D eigenvalue weighted by Crippen LogP contribution is -2.35. The number of hydrogen-bond donors (Lipinski definition) is 0. The van der Waals surface area contributed by atoms with Crippen LogP contribution in [0.15, 0.2) is 36.5 Å². The Bertz CT molecular complexity index is 902. The quantitative estimate of drug-likeness (QED) is 0.731. The molecule has 0 atom stereocenters. The standard InChI is InChI=1S/C20H20N4O3/c1-3-23(18-7-4-14(11-21)12-22-18)8-9-24-13-16-6-5-15(20(26)27-2)10-17(16)19(24)25/h4-7,10,12H,3,8-9,13H2,1-2H3. The van der Waals surface area contributed by atoms with Crippen LogP contribution in [0.1, 0.15) is 38.8 Å². The molecule has 0 bridgehead atoms. The number of carbonyl (C=O) groups is 2. The van der Waals surface area contributed by atoms with Crippen LogP contribution in [0.2, 0.25) is 0 Å². The molecule has 1 aliphatic heterocycles. The van der Waals surface area contributed by atoms with Gasteiger partial charge in [0.1, 0.15) is 11.9 Å². The zero-order chi connectivity index (χ0) is 19.4. The number of amides is 1. The first-order valence-electron chi connectivity index (χ1n) is 8.69. The summed E-state index contributed by atoms with van der Waals surface area (Å²) in [5.74, 6) is 0.237. The highest BCUT2D eigenvalue weighted by Crippen LogP contribution is 2.24. The number of likely N-dealkylation sites (N-methyl/N-ethyl adjacent to an activating group) is 1. The van der Waals surface area contributed by atoms with Gasteiger partial charge in [-0.1, -0.05) is 6.07 Å². The van der Waals surface area contributed by atoms with Crippen molar-refractivity contribution in [1.82, 2.24) is 9.88 Å². The van der Waals surface area contributed by atoms with Gasteiger partial charge >= 0.3 is 5.97 Å². The minimum atomic E-state index is -0.451. The maximum absolute atomic E-state index is 12.7. The highest BCUT2D eigenvalue weighted by Gasteiger charge is 2.28. The Morgan fingerprint density at radius 1 is 1.37 bits per heavy atom. The van der Waals surface area contributed by atoms with E-state index in [0.717, 1.165) is 17.9 Å². The molecule has 7 nitrogen and oxygen atoms in total. The van der Waals surface area contributed by atoms with Gasteiger partial charge in [-0.05, 0) is 36.8 Å². The molecule has 2 heterocycles. The van der Waals surface area contributed by atoms with Gasteiger partial charge in [0.15, 0.2) is 0 Å². The van der Waals surface area contributed by atoms with E-state index in [-0.39, 0.29) is 5.91 Å². The van der Waals surface area contributed by atoms with Crippen LogP contribution >= 0.6 is 0 Å². The number of aromatic nitrogens is 1. The number of hydrogen-bond acceptors (Lipinski definition) is 6. The molecule has 0 fully saturated rings. The summed E-state index contributed by atoms with van der Waals surface area (Å²) in [6, 6.07) is 10.7. The topological polar surface area (TPSA) is 86.5 Å². The Kier molecular flexibility index (Phi) is 5.36. The molecule has 0 saturated carbocycles. The highest BCUT2D eigenvalue weighted by atomic mass is 16.5. The lowest BCUT2D eigenvalue weighted by molar-refractivity contribution is 0.0600. The molecule has 0 aliphatic carbocycles. The summed E-state index contributed by atoms with van der Waals surface area (Å²) in [4.78, 5) is 32.5. The van der Waals surface area contributed by atoms with Crippen molar-refractivity contribution >= 4 is 17.7 Å². The molecule has 138 valence electrons. The van der Waals surface area contributed by atoms with Crippen LogP contribution in [0.5, 0.6) is 0 Å². The monoisotopic (exact) mass is 364 g/mol. The largest absolute Gasteiger partial charge is 0.465 e. The van der Waals surface area contributed by atoms with E-state index < -0.39 is 5.97 Å². The summed E-state index contributed by atoms with van der Waals surface area (Å²) in [6.07, 6.45) is 1.54. The van der Waals surface area contributed by atoms with Crippen molar-refractivity contribution in [2.45, 2.75) is 13.5 Å². The lowest BCUT2D eigenvalue weighted by Gasteiger charge is -2.25. The van der Waals surface area contributed by atoms with Crippen molar-refractivity contribution in [1.29, 1.82) is 5.26 Å². The summed E-state index contributed by atoms with van der Waals surface area (Å²) in [5.41, 5.74) is 2.36. The minimum absolute atomic E-state index is 0.0837. The average molecular weight is 364 g/mol. The van der Waals surface area contributed by atoms with Gasteiger partial charge in [-0.15, -0.1) is 0 Å². The Labute approximate surface area is 157 Å². The van der Waals surface area contributed by atoms with Crippen molar-refractivity contribution in [3.8, 4) is 6.07 Å². The Morgan fingerprint density at radius 2 is 2.19 bits per heavy atom. The number of nitrogens with zero attached hydrogens (tertiary/aromatic N) is 4. The van der Waals surface area contributed by atoms with Gasteiger partial charge in [0.2, 0.25) is 0 Å². The molecule has 0 spiro atoms. The second-order valence-electron chi connectivity index (χ2n) is 6.19. The highest BCUT2D eigenvalue weighted by molar-refractivity contribution is 6.01. The van der Waals surface area contributed by atoms with E-state index in [1.807, 2.05) is 13.0 Å². The molecule has 2 aromatic rings. The van der Waals surface area contributed by atoms with Crippen LogP contribution in [0.25, 0.3) is 0 Å². The normalized spacial score (nSPS) is 12.5. The average Bonchev–Trinajstić information content (AvgIpc) is 3.03. The molecule has 1 aromatic carbocycles. The van der Waals surface area contributed by atoms with E-state index in [2.05, 4.69) is 16.0 Å². The molecule has 1 amide bonds. The van der Waals surface area contributed by atoms with Crippen molar-refractivity contribution in [2.75, 3.05) is 31.6 Å². The molecule has 1 aliphatic rings. The van der Waals surface area contributed by atoms with Gasteiger partial charge in [0, 0.05) is 37.9 Å². The van der Waals surface area contributed by atoms with Crippen LogP contribution in [0, 0.1) is 11.3 Å². The van der Waals surface area contributed by atoms with E-state index in [1.54, 1.807) is 35.4 Å². The first-order chi connectivity index (χ1) is 13.1. The fourth-order valence-electron chi connectivity index (χ4n) is 3.10. The predicted octanol–water partition coefficient (Wildman–Crippen LogP) is 2.22. The SMILES string of the molecule is CCN(CCN1Cc2ccc(C(=O)OC)cc2C1=O)c1ccc(C#N)cn1. The second kappa shape index (κ2) is 7.87. The van der Waals surface area contributed by atoms with Gasteiger partial charge in [0.25, 0.3) is 5.91 Å². The maximum Gasteiger partial charge on any atom is 0.337 e. The summed E-state index contributed by atoms with van der Waals surface area (Å²) in [6.45, 7) is 4.44. The molecule has 0 saturated heterocycles. The molecule has 7 heteroatoms. The van der Waals surface area contributed by atoms with Gasteiger partial charge in [-0.2, -0.15) is 5.26 Å². The molecule has 3 rings (SSSR count). The number of carbonyl (C=O) groups excluding carboxylic acids is 2. The first-order valence-corrected chi connectivity index (χ1v) is 8.69.